The Labute approximate surface area is 174 Å². The van der Waals surface area contributed by atoms with Crippen LogP contribution in [0.4, 0.5) is 5.82 Å². The van der Waals surface area contributed by atoms with Crippen molar-refractivity contribution in [2.45, 2.75) is 13.0 Å². The first-order valence-electron chi connectivity index (χ1n) is 9.76. The van der Waals surface area contributed by atoms with E-state index in [0.29, 0.717) is 24.5 Å². The highest BCUT2D eigenvalue weighted by molar-refractivity contribution is 5.99. The van der Waals surface area contributed by atoms with Crippen molar-refractivity contribution in [2.75, 3.05) is 11.9 Å². The van der Waals surface area contributed by atoms with Crippen molar-refractivity contribution < 1.29 is 4.79 Å². The van der Waals surface area contributed by atoms with Crippen LogP contribution in [0.3, 0.4) is 0 Å². The van der Waals surface area contributed by atoms with Crippen molar-refractivity contribution in [3.05, 3.63) is 96.1 Å². The number of H-pyrrole nitrogens is 1. The Balaban J connectivity index is 1.53. The Morgan fingerprint density at radius 1 is 0.933 bits per heavy atom. The molecular weight excluding hydrogens is 376 g/mol. The minimum absolute atomic E-state index is 0.197. The van der Waals surface area contributed by atoms with E-state index < -0.39 is 0 Å². The Kier molecular flexibility index (Phi) is 6.10. The van der Waals surface area contributed by atoms with Gasteiger partial charge in [0, 0.05) is 36.6 Å². The second-order valence-electron chi connectivity index (χ2n) is 6.72. The summed E-state index contributed by atoms with van der Waals surface area (Å²) in [6.45, 7) is 0.982. The van der Waals surface area contributed by atoms with E-state index in [9.17, 15) is 4.79 Å². The molecule has 0 aliphatic rings. The van der Waals surface area contributed by atoms with Crippen LogP contribution in [-0.2, 0) is 13.0 Å². The molecule has 1 amide bonds. The Hall–Kier alpha value is -4.00. The average Bonchev–Trinajstić information content (AvgIpc) is 3.32. The van der Waals surface area contributed by atoms with Crippen LogP contribution in [0.1, 0.15) is 21.7 Å². The fourth-order valence-corrected chi connectivity index (χ4v) is 3.06. The molecule has 30 heavy (non-hydrogen) atoms. The normalized spacial score (nSPS) is 10.5. The van der Waals surface area contributed by atoms with Gasteiger partial charge in [0.15, 0.2) is 0 Å². The Bertz CT molecular complexity index is 1080. The van der Waals surface area contributed by atoms with E-state index in [-0.39, 0.29) is 5.91 Å². The predicted molar refractivity (Wildman–Crippen MR) is 116 cm³/mol. The molecule has 1 aromatic carbocycles. The van der Waals surface area contributed by atoms with Crippen LogP contribution in [0, 0.1) is 0 Å². The summed E-state index contributed by atoms with van der Waals surface area (Å²) < 4.78 is 0. The molecule has 0 spiro atoms. The van der Waals surface area contributed by atoms with Crippen LogP contribution < -0.4 is 10.6 Å². The number of rotatable bonds is 8. The number of amides is 1. The molecule has 0 unspecified atom stereocenters. The van der Waals surface area contributed by atoms with Crippen LogP contribution in [0.5, 0.6) is 0 Å². The zero-order valence-corrected chi connectivity index (χ0v) is 16.4. The second-order valence-corrected chi connectivity index (χ2v) is 6.72. The summed E-state index contributed by atoms with van der Waals surface area (Å²) in [6.07, 6.45) is 4.16. The molecule has 0 saturated carbocycles. The minimum Gasteiger partial charge on any atom is -0.369 e. The molecule has 0 aliphatic carbocycles. The average molecular weight is 398 g/mol. The first-order chi connectivity index (χ1) is 14.8. The topological polar surface area (TPSA) is 95.6 Å². The summed E-state index contributed by atoms with van der Waals surface area (Å²) in [6, 6.07) is 21.2. The molecular formula is C23H22N6O. The fourth-order valence-electron chi connectivity index (χ4n) is 3.06. The van der Waals surface area contributed by atoms with Gasteiger partial charge in [-0.2, -0.15) is 5.10 Å². The molecule has 4 rings (SSSR count). The van der Waals surface area contributed by atoms with Crippen LogP contribution in [0.2, 0.25) is 0 Å². The van der Waals surface area contributed by atoms with E-state index in [1.165, 1.54) is 0 Å². The first-order valence-corrected chi connectivity index (χ1v) is 9.76. The molecule has 0 atom stereocenters. The summed E-state index contributed by atoms with van der Waals surface area (Å²) in [5.74, 6) is 0.353. The lowest BCUT2D eigenvalue weighted by Crippen LogP contribution is -2.25. The van der Waals surface area contributed by atoms with Gasteiger partial charge in [0.2, 0.25) is 0 Å². The Morgan fingerprint density at radius 2 is 1.80 bits per heavy atom. The highest BCUT2D eigenvalue weighted by Crippen LogP contribution is 2.22. The van der Waals surface area contributed by atoms with Gasteiger partial charge in [0.25, 0.3) is 5.91 Å². The number of nitrogens with one attached hydrogen (secondary N) is 3. The van der Waals surface area contributed by atoms with Gasteiger partial charge in [0.1, 0.15) is 5.82 Å². The summed E-state index contributed by atoms with van der Waals surface area (Å²) >= 11 is 0. The van der Waals surface area contributed by atoms with Crippen molar-refractivity contribution in [3.8, 4) is 11.3 Å². The number of aromatic nitrogens is 4. The lowest BCUT2D eigenvalue weighted by atomic mass is 10.1. The van der Waals surface area contributed by atoms with Gasteiger partial charge < -0.3 is 10.6 Å². The molecule has 7 nitrogen and oxygen atoms in total. The third-order valence-electron chi connectivity index (χ3n) is 4.61. The number of benzene rings is 1. The lowest BCUT2D eigenvalue weighted by molar-refractivity contribution is 0.0951. The zero-order chi connectivity index (χ0) is 20.6. The maximum Gasteiger partial charge on any atom is 0.255 e. The number of aromatic amines is 1. The van der Waals surface area contributed by atoms with Gasteiger partial charge in [-0.1, -0.05) is 36.4 Å². The molecule has 0 bridgehead atoms. The Morgan fingerprint density at radius 3 is 2.57 bits per heavy atom. The second kappa shape index (κ2) is 9.47. The standard InChI is InChI=1S/C23H22N6O/c30-23(26-16-19-12-15-27-29-19)20-9-10-21(17-6-2-1-3-7-17)28-22(20)25-14-11-18-8-4-5-13-24-18/h1-10,12-13,15H,11,14,16H2,(H,25,28)(H,26,30)(H,27,29). The molecule has 3 heterocycles. The number of hydrogen-bond donors (Lipinski definition) is 3. The van der Waals surface area contributed by atoms with Crippen molar-refractivity contribution >= 4 is 11.7 Å². The quantitative estimate of drug-likeness (QED) is 0.422. The van der Waals surface area contributed by atoms with Gasteiger partial charge in [0.05, 0.1) is 23.5 Å². The SMILES string of the molecule is O=C(NCc1ccn[nH]1)c1ccc(-c2ccccc2)nc1NCCc1ccccn1. The minimum atomic E-state index is -0.197. The van der Waals surface area contributed by atoms with Crippen LogP contribution in [-0.4, -0.2) is 32.6 Å². The summed E-state index contributed by atoms with van der Waals surface area (Å²) in [7, 11) is 0. The van der Waals surface area contributed by atoms with Crippen molar-refractivity contribution in [1.29, 1.82) is 0 Å². The van der Waals surface area contributed by atoms with Gasteiger partial charge in [-0.15, -0.1) is 0 Å². The fraction of sp³-hybridized carbons (Fsp3) is 0.130. The number of anilines is 1. The van der Waals surface area contributed by atoms with Crippen molar-refractivity contribution in [2.24, 2.45) is 0 Å². The van der Waals surface area contributed by atoms with Gasteiger partial charge >= 0.3 is 0 Å². The number of pyridine rings is 2. The number of carbonyl (C=O) groups is 1. The van der Waals surface area contributed by atoms with Gasteiger partial charge in [-0.25, -0.2) is 4.98 Å². The molecule has 4 aromatic rings. The monoisotopic (exact) mass is 398 g/mol. The van der Waals surface area contributed by atoms with E-state index in [4.69, 9.17) is 4.98 Å². The summed E-state index contributed by atoms with van der Waals surface area (Å²) in [5.41, 5.74) is 4.11. The predicted octanol–water partition coefficient (Wildman–Crippen LogP) is 3.45. The highest BCUT2D eigenvalue weighted by atomic mass is 16.1. The molecule has 0 aliphatic heterocycles. The largest absolute Gasteiger partial charge is 0.369 e. The number of carbonyl (C=O) groups excluding carboxylic acids is 1. The molecule has 3 N–H and O–H groups in total. The highest BCUT2D eigenvalue weighted by Gasteiger charge is 2.14. The van der Waals surface area contributed by atoms with E-state index in [1.807, 2.05) is 60.7 Å². The van der Waals surface area contributed by atoms with Crippen molar-refractivity contribution in [1.82, 2.24) is 25.5 Å². The molecule has 0 fully saturated rings. The van der Waals surface area contributed by atoms with Crippen LogP contribution in [0.25, 0.3) is 11.3 Å². The molecule has 0 saturated heterocycles. The van der Waals surface area contributed by atoms with E-state index >= 15 is 0 Å². The summed E-state index contributed by atoms with van der Waals surface area (Å²) in [5, 5.41) is 13.0. The molecule has 3 aromatic heterocycles. The third kappa shape index (κ3) is 4.88. The summed E-state index contributed by atoms with van der Waals surface area (Å²) in [4.78, 5) is 21.9. The van der Waals surface area contributed by atoms with Crippen LogP contribution >= 0.6 is 0 Å². The van der Waals surface area contributed by atoms with Crippen LogP contribution in [0.15, 0.2) is 79.1 Å². The first kappa shape index (κ1) is 19.3. The van der Waals surface area contributed by atoms with Gasteiger partial charge in [-0.05, 0) is 30.3 Å². The maximum absolute atomic E-state index is 12.8. The van der Waals surface area contributed by atoms with E-state index in [0.717, 1.165) is 29.1 Å². The molecule has 150 valence electrons. The number of hydrogen-bond acceptors (Lipinski definition) is 5. The molecule has 0 radical (unpaired) electrons. The van der Waals surface area contributed by atoms with Crippen molar-refractivity contribution in [3.63, 3.8) is 0 Å². The molecule has 7 heteroatoms. The smallest absolute Gasteiger partial charge is 0.255 e. The van der Waals surface area contributed by atoms with E-state index in [2.05, 4.69) is 25.8 Å². The third-order valence-corrected chi connectivity index (χ3v) is 4.61. The maximum atomic E-state index is 12.8. The number of nitrogens with zero attached hydrogens (tertiary/aromatic N) is 3. The lowest BCUT2D eigenvalue weighted by Gasteiger charge is -2.13. The zero-order valence-electron chi connectivity index (χ0n) is 16.4. The van der Waals surface area contributed by atoms with E-state index in [1.54, 1.807) is 18.5 Å². The van der Waals surface area contributed by atoms with Gasteiger partial charge in [-0.3, -0.25) is 14.9 Å².